The molecule has 7 heteroatoms. The summed E-state index contributed by atoms with van der Waals surface area (Å²) in [5, 5.41) is 8.93. The van der Waals surface area contributed by atoms with Crippen LogP contribution in [0.15, 0.2) is 42.5 Å². The Morgan fingerprint density at radius 3 is 2.64 bits per heavy atom. The van der Waals surface area contributed by atoms with E-state index in [0.717, 1.165) is 21.5 Å². The maximum atomic E-state index is 12.2. The Hall–Kier alpha value is -2.93. The van der Waals surface area contributed by atoms with Gasteiger partial charge in [-0.3, -0.25) is 4.79 Å². The van der Waals surface area contributed by atoms with Crippen LogP contribution in [0.1, 0.15) is 18.9 Å². The lowest BCUT2D eigenvalue weighted by molar-refractivity contribution is -0.115. The third-order valence-electron chi connectivity index (χ3n) is 3.61. The molecular formula is C18H18N4O2S. The molecular weight excluding hydrogens is 336 g/mol. The molecule has 25 heavy (non-hydrogen) atoms. The zero-order chi connectivity index (χ0) is 17.8. The molecule has 0 atom stereocenters. The second kappa shape index (κ2) is 7.31. The summed E-state index contributed by atoms with van der Waals surface area (Å²) in [4.78, 5) is 28.0. The summed E-state index contributed by atoms with van der Waals surface area (Å²) >= 11 is 1.40. The predicted octanol–water partition coefficient (Wildman–Crippen LogP) is 4.60. The largest absolute Gasteiger partial charge is 0.323 e. The van der Waals surface area contributed by atoms with E-state index in [1.807, 2.05) is 43.3 Å². The molecule has 0 saturated carbocycles. The van der Waals surface area contributed by atoms with Gasteiger partial charge in [-0.2, -0.15) is 0 Å². The van der Waals surface area contributed by atoms with Gasteiger partial charge < -0.3 is 16.0 Å². The van der Waals surface area contributed by atoms with Crippen molar-refractivity contribution in [2.45, 2.75) is 20.3 Å². The smallest absolute Gasteiger partial charge is 0.308 e. The van der Waals surface area contributed by atoms with Crippen molar-refractivity contribution in [1.29, 1.82) is 0 Å². The fourth-order valence-corrected chi connectivity index (χ4v) is 3.13. The number of carbonyl (C=O) groups excluding carboxylic acids is 2. The van der Waals surface area contributed by atoms with E-state index < -0.39 is 0 Å². The summed E-state index contributed by atoms with van der Waals surface area (Å²) in [6.07, 6.45) is 0.405. The summed E-state index contributed by atoms with van der Waals surface area (Å²) in [7, 11) is 0. The monoisotopic (exact) mass is 354 g/mol. The average molecular weight is 354 g/mol. The number of fused-ring (bicyclic) bond motifs is 1. The van der Waals surface area contributed by atoms with Crippen LogP contribution < -0.4 is 16.0 Å². The highest BCUT2D eigenvalue weighted by atomic mass is 32.1. The first-order valence-corrected chi connectivity index (χ1v) is 8.71. The van der Waals surface area contributed by atoms with Crippen LogP contribution in [-0.2, 0) is 4.79 Å². The third kappa shape index (κ3) is 4.13. The summed E-state index contributed by atoms with van der Waals surface area (Å²) in [5.74, 6) is -0.0741. The minimum absolute atomic E-state index is 0.0741. The van der Waals surface area contributed by atoms with Crippen molar-refractivity contribution < 1.29 is 9.59 Å². The Balaban J connectivity index is 1.72. The first-order valence-electron chi connectivity index (χ1n) is 7.89. The average Bonchev–Trinajstić information content (AvgIpc) is 2.98. The van der Waals surface area contributed by atoms with Crippen LogP contribution in [0.2, 0.25) is 0 Å². The number of benzene rings is 2. The van der Waals surface area contributed by atoms with E-state index in [-0.39, 0.29) is 11.9 Å². The summed E-state index contributed by atoms with van der Waals surface area (Å²) in [6, 6.07) is 12.7. The van der Waals surface area contributed by atoms with Crippen LogP contribution >= 0.6 is 11.3 Å². The van der Waals surface area contributed by atoms with Gasteiger partial charge in [-0.25, -0.2) is 9.78 Å². The Bertz CT molecular complexity index is 936. The van der Waals surface area contributed by atoms with Crippen LogP contribution in [0.3, 0.4) is 0 Å². The molecule has 0 unspecified atom stereocenters. The second-order valence-corrected chi connectivity index (χ2v) is 6.53. The zero-order valence-corrected chi connectivity index (χ0v) is 14.7. The summed E-state index contributed by atoms with van der Waals surface area (Å²) in [6.45, 7) is 3.72. The lowest BCUT2D eigenvalue weighted by Crippen LogP contribution is -2.19. The van der Waals surface area contributed by atoms with Crippen molar-refractivity contribution in [3.8, 4) is 0 Å². The minimum Gasteiger partial charge on any atom is -0.308 e. The van der Waals surface area contributed by atoms with Gasteiger partial charge in [0, 0.05) is 17.8 Å². The quantitative estimate of drug-likeness (QED) is 0.640. The Kier molecular flexibility index (Phi) is 4.95. The van der Waals surface area contributed by atoms with Crippen molar-refractivity contribution in [2.75, 3.05) is 16.0 Å². The zero-order valence-electron chi connectivity index (χ0n) is 13.9. The van der Waals surface area contributed by atoms with Crippen LogP contribution in [0.5, 0.6) is 0 Å². The van der Waals surface area contributed by atoms with Gasteiger partial charge in [-0.15, -0.1) is 0 Å². The standard InChI is InChI=1S/C18H18N4O2S/c1-3-16(23)22-18-21-14-10-12(8-9-15(14)25-18)19-17(24)20-13-7-5-4-6-11(13)2/h4-10H,3H2,1-2H3,(H2,19,20,24)(H,21,22,23). The van der Waals surface area contributed by atoms with E-state index in [2.05, 4.69) is 20.9 Å². The number of anilines is 3. The fraction of sp³-hybridized carbons (Fsp3) is 0.167. The van der Waals surface area contributed by atoms with Crippen molar-refractivity contribution in [3.05, 3.63) is 48.0 Å². The molecule has 1 heterocycles. The van der Waals surface area contributed by atoms with E-state index >= 15 is 0 Å². The van der Waals surface area contributed by atoms with E-state index in [1.54, 1.807) is 13.0 Å². The van der Waals surface area contributed by atoms with Gasteiger partial charge in [-0.1, -0.05) is 36.5 Å². The first-order chi connectivity index (χ1) is 12.0. The number of para-hydroxylation sites is 1. The number of nitrogens with one attached hydrogen (secondary N) is 3. The molecule has 0 spiro atoms. The molecule has 0 aliphatic rings. The highest BCUT2D eigenvalue weighted by Gasteiger charge is 2.09. The molecule has 0 radical (unpaired) electrons. The van der Waals surface area contributed by atoms with E-state index in [0.29, 0.717) is 17.2 Å². The van der Waals surface area contributed by atoms with Crippen LogP contribution in [0.25, 0.3) is 10.2 Å². The van der Waals surface area contributed by atoms with Crippen molar-refractivity contribution in [3.63, 3.8) is 0 Å². The molecule has 0 bridgehead atoms. The van der Waals surface area contributed by atoms with Crippen LogP contribution in [-0.4, -0.2) is 16.9 Å². The molecule has 0 saturated heterocycles. The lowest BCUT2D eigenvalue weighted by Gasteiger charge is -2.09. The summed E-state index contributed by atoms with van der Waals surface area (Å²) < 4.78 is 0.941. The Morgan fingerprint density at radius 1 is 1.08 bits per heavy atom. The third-order valence-corrected chi connectivity index (χ3v) is 4.56. The van der Waals surface area contributed by atoms with E-state index in [9.17, 15) is 9.59 Å². The molecule has 3 aromatic rings. The number of amides is 3. The van der Waals surface area contributed by atoms with Gasteiger partial charge >= 0.3 is 6.03 Å². The van der Waals surface area contributed by atoms with Crippen LogP contribution in [0, 0.1) is 6.92 Å². The number of hydrogen-bond acceptors (Lipinski definition) is 4. The van der Waals surface area contributed by atoms with Crippen molar-refractivity contribution in [1.82, 2.24) is 4.98 Å². The van der Waals surface area contributed by atoms with Gasteiger partial charge in [-0.05, 0) is 36.8 Å². The maximum absolute atomic E-state index is 12.2. The highest BCUT2D eigenvalue weighted by Crippen LogP contribution is 2.28. The fourth-order valence-electron chi connectivity index (χ4n) is 2.26. The van der Waals surface area contributed by atoms with Crippen LogP contribution in [0.4, 0.5) is 21.3 Å². The number of carbonyl (C=O) groups is 2. The summed E-state index contributed by atoms with van der Waals surface area (Å²) in [5.41, 5.74) is 3.12. The van der Waals surface area contributed by atoms with Crippen molar-refractivity contribution >= 4 is 50.0 Å². The number of urea groups is 1. The van der Waals surface area contributed by atoms with Gasteiger partial charge in [0.25, 0.3) is 0 Å². The van der Waals surface area contributed by atoms with Crippen molar-refractivity contribution in [2.24, 2.45) is 0 Å². The van der Waals surface area contributed by atoms with Gasteiger partial charge in [0.15, 0.2) is 5.13 Å². The number of thiazole rings is 1. The molecule has 3 N–H and O–H groups in total. The van der Waals surface area contributed by atoms with Gasteiger partial charge in [0.2, 0.25) is 5.91 Å². The number of rotatable bonds is 4. The van der Waals surface area contributed by atoms with E-state index in [1.165, 1.54) is 11.3 Å². The van der Waals surface area contributed by atoms with Gasteiger partial charge in [0.05, 0.1) is 10.2 Å². The first kappa shape index (κ1) is 16.9. The molecule has 128 valence electrons. The molecule has 0 fully saturated rings. The number of aromatic nitrogens is 1. The molecule has 0 aliphatic carbocycles. The SMILES string of the molecule is CCC(=O)Nc1nc2cc(NC(=O)Nc3ccccc3C)ccc2s1. The molecule has 3 amide bonds. The molecule has 3 rings (SSSR count). The lowest BCUT2D eigenvalue weighted by atomic mass is 10.2. The maximum Gasteiger partial charge on any atom is 0.323 e. The predicted molar refractivity (Wildman–Crippen MR) is 102 cm³/mol. The number of aryl methyl sites for hydroxylation is 1. The minimum atomic E-state index is -0.316. The normalized spacial score (nSPS) is 10.5. The molecule has 1 aromatic heterocycles. The molecule has 6 nitrogen and oxygen atoms in total. The highest BCUT2D eigenvalue weighted by molar-refractivity contribution is 7.22. The molecule has 2 aromatic carbocycles. The number of nitrogens with zero attached hydrogens (tertiary/aromatic N) is 1. The number of hydrogen-bond donors (Lipinski definition) is 3. The Morgan fingerprint density at radius 2 is 1.88 bits per heavy atom. The van der Waals surface area contributed by atoms with E-state index in [4.69, 9.17) is 0 Å². The molecule has 0 aliphatic heterocycles. The Labute approximate surface area is 149 Å². The second-order valence-electron chi connectivity index (χ2n) is 5.50. The topological polar surface area (TPSA) is 83.1 Å². The van der Waals surface area contributed by atoms with Gasteiger partial charge in [0.1, 0.15) is 0 Å².